The third-order valence-corrected chi connectivity index (χ3v) is 5.89. The molecule has 0 amide bonds. The summed E-state index contributed by atoms with van der Waals surface area (Å²) in [5.41, 5.74) is 0.802. The fourth-order valence-electron chi connectivity index (χ4n) is 3.49. The van der Waals surface area contributed by atoms with Crippen LogP contribution in [0.4, 0.5) is 10.8 Å². The zero-order chi connectivity index (χ0) is 17.6. The van der Waals surface area contributed by atoms with Gasteiger partial charge in [0.2, 0.25) is 0 Å². The lowest BCUT2D eigenvalue weighted by molar-refractivity contribution is -0.178. The summed E-state index contributed by atoms with van der Waals surface area (Å²) in [6.07, 6.45) is 1.57. The standard InChI is InChI=1S/C17H19N3O4S/c1-10-7-12-14(13(8-10)19-22)25-16(18-15(12)21)20-5-3-17(4-6-20)23-9-11(2)24-17/h7-8,11H,3-6,9H2,1-2H3/t11-/m0/s1. The summed E-state index contributed by atoms with van der Waals surface area (Å²) in [6.45, 7) is 5.84. The van der Waals surface area contributed by atoms with Gasteiger partial charge in [0, 0.05) is 25.9 Å². The van der Waals surface area contributed by atoms with Gasteiger partial charge in [-0.15, -0.1) is 4.91 Å². The average Bonchev–Trinajstić information content (AvgIpc) is 2.96. The highest BCUT2D eigenvalue weighted by Gasteiger charge is 2.42. The van der Waals surface area contributed by atoms with E-state index >= 15 is 0 Å². The minimum absolute atomic E-state index is 0.117. The smallest absolute Gasteiger partial charge is 0.281 e. The monoisotopic (exact) mass is 361 g/mol. The molecule has 2 aliphatic rings. The molecule has 2 fully saturated rings. The number of anilines is 1. The van der Waals surface area contributed by atoms with Gasteiger partial charge in [-0.1, -0.05) is 11.3 Å². The van der Waals surface area contributed by atoms with Crippen molar-refractivity contribution in [1.82, 2.24) is 4.98 Å². The first-order chi connectivity index (χ1) is 12.0. The van der Waals surface area contributed by atoms with Crippen LogP contribution in [0.15, 0.2) is 22.1 Å². The maximum Gasteiger partial charge on any atom is 0.281 e. The Bertz CT molecular complexity index is 889. The van der Waals surface area contributed by atoms with Gasteiger partial charge in [0.25, 0.3) is 5.56 Å². The number of ether oxygens (including phenoxy) is 2. The van der Waals surface area contributed by atoms with E-state index in [-0.39, 0.29) is 11.7 Å². The predicted octanol–water partition coefficient (Wildman–Crippen LogP) is 3.09. The van der Waals surface area contributed by atoms with E-state index in [2.05, 4.69) is 15.1 Å². The van der Waals surface area contributed by atoms with E-state index in [1.165, 1.54) is 11.3 Å². The van der Waals surface area contributed by atoms with Crippen LogP contribution in [0.5, 0.6) is 0 Å². The number of rotatable bonds is 2. The third kappa shape index (κ3) is 2.94. The molecule has 25 heavy (non-hydrogen) atoms. The molecular weight excluding hydrogens is 342 g/mol. The average molecular weight is 361 g/mol. The highest BCUT2D eigenvalue weighted by molar-refractivity contribution is 7.22. The molecule has 4 rings (SSSR count). The molecule has 0 N–H and O–H groups in total. The fourth-order valence-corrected chi connectivity index (χ4v) is 4.57. The molecule has 0 aliphatic carbocycles. The fraction of sp³-hybridized carbons (Fsp3) is 0.529. The lowest BCUT2D eigenvalue weighted by Gasteiger charge is -2.38. The molecule has 8 heteroatoms. The van der Waals surface area contributed by atoms with Crippen LogP contribution in [0.2, 0.25) is 0 Å². The molecule has 2 saturated heterocycles. The highest BCUT2D eigenvalue weighted by Crippen LogP contribution is 2.38. The van der Waals surface area contributed by atoms with Crippen LogP contribution >= 0.6 is 11.3 Å². The van der Waals surface area contributed by atoms with Crippen molar-refractivity contribution >= 4 is 32.2 Å². The number of nitroso groups, excluding NO2 is 1. The highest BCUT2D eigenvalue weighted by atomic mass is 32.1. The molecular formula is C17H19N3O4S. The van der Waals surface area contributed by atoms with Crippen molar-refractivity contribution in [2.75, 3.05) is 24.6 Å². The molecule has 1 aromatic carbocycles. The Hall–Kier alpha value is -1.90. The number of hydrogen-bond acceptors (Lipinski definition) is 8. The van der Waals surface area contributed by atoms with Crippen LogP contribution in [0.3, 0.4) is 0 Å². The quantitative estimate of drug-likeness (QED) is 0.765. The summed E-state index contributed by atoms with van der Waals surface area (Å²) in [4.78, 5) is 29.9. The molecule has 2 aliphatic heterocycles. The first-order valence-electron chi connectivity index (χ1n) is 8.35. The first kappa shape index (κ1) is 16.6. The molecule has 0 saturated carbocycles. The molecule has 7 nitrogen and oxygen atoms in total. The van der Waals surface area contributed by atoms with Crippen molar-refractivity contribution in [3.8, 4) is 0 Å². The zero-order valence-electron chi connectivity index (χ0n) is 14.2. The molecule has 132 valence electrons. The van der Waals surface area contributed by atoms with Crippen LogP contribution in [0.25, 0.3) is 10.1 Å². The summed E-state index contributed by atoms with van der Waals surface area (Å²) in [7, 11) is 0. The Morgan fingerprint density at radius 2 is 2.12 bits per heavy atom. The van der Waals surface area contributed by atoms with Gasteiger partial charge in [-0.2, -0.15) is 4.98 Å². The van der Waals surface area contributed by atoms with E-state index < -0.39 is 5.79 Å². The predicted molar refractivity (Wildman–Crippen MR) is 96.8 cm³/mol. The molecule has 1 atom stereocenters. The van der Waals surface area contributed by atoms with Crippen LogP contribution in [-0.4, -0.2) is 36.6 Å². The van der Waals surface area contributed by atoms with Gasteiger partial charge in [0.15, 0.2) is 10.9 Å². The maximum atomic E-state index is 12.4. The Morgan fingerprint density at radius 3 is 2.76 bits per heavy atom. The van der Waals surface area contributed by atoms with Crippen molar-refractivity contribution in [3.63, 3.8) is 0 Å². The summed E-state index contributed by atoms with van der Waals surface area (Å²) >= 11 is 1.34. The van der Waals surface area contributed by atoms with E-state index in [9.17, 15) is 9.70 Å². The minimum Gasteiger partial charge on any atom is -0.348 e. The van der Waals surface area contributed by atoms with Gasteiger partial charge in [-0.25, -0.2) is 0 Å². The number of aromatic nitrogens is 1. The molecule has 1 aromatic heterocycles. The summed E-state index contributed by atoms with van der Waals surface area (Å²) in [6, 6.07) is 3.45. The molecule has 0 bridgehead atoms. The van der Waals surface area contributed by atoms with Crippen LogP contribution in [0, 0.1) is 11.8 Å². The summed E-state index contributed by atoms with van der Waals surface area (Å²) in [5.74, 6) is -0.496. The largest absolute Gasteiger partial charge is 0.348 e. The SMILES string of the molecule is Cc1cc(N=O)c2sc(N3CCC4(CC3)OC[C@H](C)O4)nc(=O)c2c1. The second-order valence-electron chi connectivity index (χ2n) is 6.69. The zero-order valence-corrected chi connectivity index (χ0v) is 15.0. The Labute approximate surface area is 148 Å². The van der Waals surface area contributed by atoms with Gasteiger partial charge in [-0.05, 0) is 36.7 Å². The minimum atomic E-state index is -0.496. The summed E-state index contributed by atoms with van der Waals surface area (Å²) < 4.78 is 12.4. The van der Waals surface area contributed by atoms with E-state index in [1.54, 1.807) is 12.1 Å². The van der Waals surface area contributed by atoms with Crippen molar-refractivity contribution in [2.24, 2.45) is 5.18 Å². The number of fused-ring (bicyclic) bond motifs is 1. The maximum absolute atomic E-state index is 12.4. The van der Waals surface area contributed by atoms with Crippen LogP contribution in [-0.2, 0) is 9.47 Å². The second kappa shape index (κ2) is 6.12. The van der Waals surface area contributed by atoms with Gasteiger partial charge in [0.05, 0.1) is 22.8 Å². The molecule has 1 spiro atoms. The first-order valence-corrected chi connectivity index (χ1v) is 9.17. The van der Waals surface area contributed by atoms with Crippen molar-refractivity contribution in [1.29, 1.82) is 0 Å². The Kier molecular flexibility index (Phi) is 4.05. The topological polar surface area (TPSA) is 81.1 Å². The molecule has 2 aromatic rings. The van der Waals surface area contributed by atoms with E-state index in [4.69, 9.17) is 9.47 Å². The Balaban J connectivity index is 1.65. The summed E-state index contributed by atoms with van der Waals surface area (Å²) in [5, 5.41) is 4.16. The second-order valence-corrected chi connectivity index (χ2v) is 7.67. The van der Waals surface area contributed by atoms with E-state index in [0.717, 1.165) is 18.4 Å². The Morgan fingerprint density at radius 1 is 1.36 bits per heavy atom. The van der Waals surface area contributed by atoms with Crippen molar-refractivity contribution in [3.05, 3.63) is 33.0 Å². The van der Waals surface area contributed by atoms with Crippen LogP contribution in [0.1, 0.15) is 25.3 Å². The number of aryl methyl sites for hydroxylation is 1. The number of nitrogens with zero attached hydrogens (tertiary/aromatic N) is 3. The van der Waals surface area contributed by atoms with Crippen LogP contribution < -0.4 is 10.5 Å². The van der Waals surface area contributed by atoms with Crippen molar-refractivity contribution < 1.29 is 9.47 Å². The van der Waals surface area contributed by atoms with Gasteiger partial charge < -0.3 is 14.4 Å². The number of benzene rings is 1. The lowest BCUT2D eigenvalue weighted by Crippen LogP contribution is -2.45. The normalized spacial score (nSPS) is 22.6. The van der Waals surface area contributed by atoms with E-state index in [1.807, 2.05) is 13.8 Å². The van der Waals surface area contributed by atoms with Gasteiger partial charge in [0.1, 0.15) is 5.69 Å². The van der Waals surface area contributed by atoms with E-state index in [0.29, 0.717) is 40.6 Å². The van der Waals surface area contributed by atoms with Crippen molar-refractivity contribution in [2.45, 2.75) is 38.6 Å². The number of piperidine rings is 1. The molecule has 0 unspecified atom stereocenters. The molecule has 0 radical (unpaired) electrons. The van der Waals surface area contributed by atoms with Gasteiger partial charge >= 0.3 is 0 Å². The lowest BCUT2D eigenvalue weighted by atomic mass is 10.0. The third-order valence-electron chi connectivity index (χ3n) is 4.73. The number of hydrogen-bond donors (Lipinski definition) is 0. The van der Waals surface area contributed by atoms with Gasteiger partial charge in [-0.3, -0.25) is 4.79 Å². The molecule has 3 heterocycles.